The van der Waals surface area contributed by atoms with E-state index in [0.29, 0.717) is 5.69 Å². The molecule has 0 atom stereocenters. The predicted molar refractivity (Wildman–Crippen MR) is 90.6 cm³/mol. The van der Waals surface area contributed by atoms with Crippen LogP contribution in [0.2, 0.25) is 0 Å². The van der Waals surface area contributed by atoms with Crippen LogP contribution in [0.3, 0.4) is 0 Å². The summed E-state index contributed by atoms with van der Waals surface area (Å²) in [7, 11) is 0. The Labute approximate surface area is 139 Å². The standard InChI is InChI=1S/C16H12F2INO2/c1-3-9-7-11(16(21)22)15(14(18)13(9)17)20-12-5-4-10(19)6-8(12)2/h3-7,20H,1H2,2H3,(H,21,22). The lowest BCUT2D eigenvalue weighted by molar-refractivity contribution is 0.0697. The molecule has 0 unspecified atom stereocenters. The van der Waals surface area contributed by atoms with Crippen molar-refractivity contribution in [2.75, 3.05) is 5.32 Å². The average Bonchev–Trinajstić information content (AvgIpc) is 2.46. The molecule has 0 heterocycles. The van der Waals surface area contributed by atoms with Crippen LogP contribution >= 0.6 is 22.6 Å². The lowest BCUT2D eigenvalue weighted by Crippen LogP contribution is -2.09. The van der Waals surface area contributed by atoms with Gasteiger partial charge in [0, 0.05) is 14.8 Å². The number of carbonyl (C=O) groups is 1. The van der Waals surface area contributed by atoms with Crippen LogP contribution in [-0.4, -0.2) is 11.1 Å². The number of carboxylic acid groups (broad SMARTS) is 1. The number of hydrogen-bond donors (Lipinski definition) is 2. The van der Waals surface area contributed by atoms with E-state index in [0.717, 1.165) is 21.3 Å². The van der Waals surface area contributed by atoms with E-state index in [1.807, 2.05) is 6.07 Å². The van der Waals surface area contributed by atoms with Gasteiger partial charge in [-0.1, -0.05) is 12.7 Å². The Morgan fingerprint density at radius 3 is 2.55 bits per heavy atom. The van der Waals surface area contributed by atoms with E-state index in [1.54, 1.807) is 19.1 Å². The monoisotopic (exact) mass is 415 g/mol. The van der Waals surface area contributed by atoms with E-state index in [-0.39, 0.29) is 11.1 Å². The highest BCUT2D eigenvalue weighted by molar-refractivity contribution is 14.1. The van der Waals surface area contributed by atoms with Gasteiger partial charge in [-0.15, -0.1) is 0 Å². The molecule has 2 N–H and O–H groups in total. The van der Waals surface area contributed by atoms with Crippen molar-refractivity contribution in [1.29, 1.82) is 0 Å². The Morgan fingerprint density at radius 1 is 1.32 bits per heavy atom. The number of aromatic carboxylic acids is 1. The van der Waals surface area contributed by atoms with E-state index in [9.17, 15) is 18.7 Å². The molecule has 0 spiro atoms. The number of hydrogen-bond acceptors (Lipinski definition) is 2. The molecule has 0 radical (unpaired) electrons. The minimum Gasteiger partial charge on any atom is -0.478 e. The van der Waals surface area contributed by atoms with Gasteiger partial charge < -0.3 is 10.4 Å². The maximum atomic E-state index is 14.2. The molecule has 6 heteroatoms. The van der Waals surface area contributed by atoms with Crippen LogP contribution in [0.25, 0.3) is 6.08 Å². The zero-order chi connectivity index (χ0) is 16.4. The third kappa shape index (κ3) is 3.11. The van der Waals surface area contributed by atoms with Crippen molar-refractivity contribution in [3.8, 4) is 0 Å². The molecular weight excluding hydrogens is 403 g/mol. The first kappa shape index (κ1) is 16.4. The van der Waals surface area contributed by atoms with Gasteiger partial charge in [0.25, 0.3) is 0 Å². The number of carboxylic acids is 1. The maximum absolute atomic E-state index is 14.2. The van der Waals surface area contributed by atoms with E-state index >= 15 is 0 Å². The summed E-state index contributed by atoms with van der Waals surface area (Å²) in [4.78, 5) is 11.3. The van der Waals surface area contributed by atoms with Crippen LogP contribution in [-0.2, 0) is 0 Å². The Bertz CT molecular complexity index is 775. The molecule has 22 heavy (non-hydrogen) atoms. The molecule has 2 rings (SSSR count). The number of anilines is 2. The van der Waals surface area contributed by atoms with Gasteiger partial charge in [0.2, 0.25) is 0 Å². The SMILES string of the molecule is C=Cc1cc(C(=O)O)c(Nc2ccc(I)cc2C)c(F)c1F. The molecule has 0 aromatic heterocycles. The summed E-state index contributed by atoms with van der Waals surface area (Å²) in [5.41, 5.74) is 0.342. The fraction of sp³-hybridized carbons (Fsp3) is 0.0625. The lowest BCUT2D eigenvalue weighted by atomic mass is 10.1. The Kier molecular flexibility index (Phi) is 4.80. The van der Waals surface area contributed by atoms with Crippen molar-refractivity contribution in [3.63, 3.8) is 0 Å². The van der Waals surface area contributed by atoms with Gasteiger partial charge in [-0.2, -0.15) is 0 Å². The van der Waals surface area contributed by atoms with Crippen molar-refractivity contribution in [3.05, 3.63) is 62.7 Å². The molecule has 0 saturated heterocycles. The average molecular weight is 415 g/mol. The Balaban J connectivity index is 2.61. The fourth-order valence-electron chi connectivity index (χ4n) is 1.99. The van der Waals surface area contributed by atoms with E-state index in [1.165, 1.54) is 0 Å². The number of nitrogens with one attached hydrogen (secondary N) is 1. The van der Waals surface area contributed by atoms with Crippen LogP contribution in [0, 0.1) is 22.1 Å². The highest BCUT2D eigenvalue weighted by Crippen LogP contribution is 2.31. The van der Waals surface area contributed by atoms with Crippen molar-refractivity contribution < 1.29 is 18.7 Å². The quantitative estimate of drug-likeness (QED) is 0.694. The van der Waals surface area contributed by atoms with Crippen LogP contribution < -0.4 is 5.32 Å². The van der Waals surface area contributed by atoms with Gasteiger partial charge in [0.15, 0.2) is 11.6 Å². The minimum absolute atomic E-state index is 0.195. The number of halogens is 3. The molecule has 3 nitrogen and oxygen atoms in total. The molecule has 0 fully saturated rings. The van der Waals surface area contributed by atoms with Crippen LogP contribution in [0.1, 0.15) is 21.5 Å². The summed E-state index contributed by atoms with van der Waals surface area (Å²) in [6.07, 6.45) is 1.07. The summed E-state index contributed by atoms with van der Waals surface area (Å²) in [5, 5.41) is 11.9. The van der Waals surface area contributed by atoms with Gasteiger partial charge in [-0.3, -0.25) is 0 Å². The van der Waals surface area contributed by atoms with Crippen LogP contribution in [0.4, 0.5) is 20.2 Å². The van der Waals surface area contributed by atoms with Gasteiger partial charge in [-0.05, 0) is 59.3 Å². The van der Waals surface area contributed by atoms with Gasteiger partial charge >= 0.3 is 5.97 Å². The topological polar surface area (TPSA) is 49.3 Å². The molecule has 0 aliphatic heterocycles. The fourth-order valence-corrected chi connectivity index (χ4v) is 2.63. The first-order valence-electron chi connectivity index (χ1n) is 6.26. The third-order valence-electron chi connectivity index (χ3n) is 3.13. The second-order valence-corrected chi connectivity index (χ2v) is 5.86. The third-order valence-corrected chi connectivity index (χ3v) is 3.80. The second-order valence-electron chi connectivity index (χ2n) is 4.61. The molecule has 0 amide bonds. The number of aryl methyl sites for hydroxylation is 1. The minimum atomic E-state index is -1.35. The maximum Gasteiger partial charge on any atom is 0.337 e. The summed E-state index contributed by atoms with van der Waals surface area (Å²) < 4.78 is 29.1. The van der Waals surface area contributed by atoms with Gasteiger partial charge in [0.05, 0.1) is 11.3 Å². The highest BCUT2D eigenvalue weighted by Gasteiger charge is 2.21. The normalized spacial score (nSPS) is 10.4. The molecule has 0 saturated carbocycles. The molecule has 114 valence electrons. The summed E-state index contributed by atoms with van der Waals surface area (Å²) in [6, 6.07) is 6.36. The van der Waals surface area contributed by atoms with Gasteiger partial charge in [0.1, 0.15) is 0 Å². The Morgan fingerprint density at radius 2 is 2.00 bits per heavy atom. The molecule has 0 aliphatic rings. The summed E-state index contributed by atoms with van der Waals surface area (Å²) in [6.45, 7) is 5.14. The van der Waals surface area contributed by atoms with Crippen molar-refractivity contribution in [2.24, 2.45) is 0 Å². The van der Waals surface area contributed by atoms with Crippen molar-refractivity contribution >= 4 is 46.0 Å². The zero-order valence-corrected chi connectivity index (χ0v) is 13.7. The lowest BCUT2D eigenvalue weighted by Gasteiger charge is -2.15. The number of rotatable bonds is 4. The first-order valence-corrected chi connectivity index (χ1v) is 7.34. The predicted octanol–water partition coefficient (Wildman–Crippen LogP) is 4.96. The van der Waals surface area contributed by atoms with Crippen LogP contribution in [0.5, 0.6) is 0 Å². The van der Waals surface area contributed by atoms with E-state index < -0.39 is 23.3 Å². The zero-order valence-electron chi connectivity index (χ0n) is 11.6. The van der Waals surface area contributed by atoms with Gasteiger partial charge in [-0.25, -0.2) is 13.6 Å². The second kappa shape index (κ2) is 6.43. The summed E-state index contributed by atoms with van der Waals surface area (Å²) in [5.74, 6) is -3.73. The smallest absolute Gasteiger partial charge is 0.337 e. The molecule has 2 aromatic rings. The largest absolute Gasteiger partial charge is 0.478 e. The highest BCUT2D eigenvalue weighted by atomic mass is 127. The van der Waals surface area contributed by atoms with Crippen LogP contribution in [0.15, 0.2) is 30.8 Å². The van der Waals surface area contributed by atoms with E-state index in [2.05, 4.69) is 34.5 Å². The molecule has 0 aliphatic carbocycles. The molecule has 0 bridgehead atoms. The van der Waals surface area contributed by atoms with E-state index in [4.69, 9.17) is 0 Å². The van der Waals surface area contributed by atoms with Crippen molar-refractivity contribution in [2.45, 2.75) is 6.92 Å². The summed E-state index contributed by atoms with van der Waals surface area (Å²) >= 11 is 2.12. The Hall–Kier alpha value is -1.96. The first-order chi connectivity index (χ1) is 10.3. The van der Waals surface area contributed by atoms with Crippen molar-refractivity contribution in [1.82, 2.24) is 0 Å². The molecule has 2 aromatic carbocycles. The molecular formula is C16H12F2INO2. The number of benzene rings is 2.